The van der Waals surface area contributed by atoms with Gasteiger partial charge in [0.05, 0.1) is 18.4 Å². The minimum absolute atomic E-state index is 0.0768. The summed E-state index contributed by atoms with van der Waals surface area (Å²) in [7, 11) is 0. The first kappa shape index (κ1) is 14.9. The molecule has 4 heteroatoms. The summed E-state index contributed by atoms with van der Waals surface area (Å²) in [6.07, 6.45) is 5.50. The van der Waals surface area contributed by atoms with Crippen molar-refractivity contribution in [2.24, 2.45) is 0 Å². The fourth-order valence-electron chi connectivity index (χ4n) is 3.58. The molecule has 4 rings (SSSR count). The molecule has 3 aromatic rings. The molecule has 24 heavy (non-hydrogen) atoms. The molecule has 0 fully saturated rings. The number of H-pyrrole nitrogens is 1. The Kier molecular flexibility index (Phi) is 4.03. The van der Waals surface area contributed by atoms with Gasteiger partial charge in [-0.25, -0.2) is 4.98 Å². The van der Waals surface area contributed by atoms with Gasteiger partial charge in [-0.3, -0.25) is 4.79 Å². The number of rotatable bonds is 4. The lowest BCUT2D eigenvalue weighted by Gasteiger charge is -2.21. The summed E-state index contributed by atoms with van der Waals surface area (Å²) in [5, 5.41) is 5.47. The lowest BCUT2D eigenvalue weighted by atomic mass is 9.90. The Bertz CT molecular complexity index is 868. The Hall–Kier alpha value is -2.62. The first-order valence-corrected chi connectivity index (χ1v) is 8.56. The largest absolute Gasteiger partial charge is 0.355 e. The van der Waals surface area contributed by atoms with Crippen molar-refractivity contribution in [3.8, 4) is 0 Å². The first-order valence-electron chi connectivity index (χ1n) is 8.56. The minimum atomic E-state index is 0.0768. The Morgan fingerprint density at radius 2 is 2.08 bits per heavy atom. The van der Waals surface area contributed by atoms with Crippen molar-refractivity contribution in [2.75, 3.05) is 6.54 Å². The molecule has 0 saturated carbocycles. The molecule has 1 amide bonds. The number of imidazole rings is 1. The van der Waals surface area contributed by atoms with Crippen LogP contribution in [0.3, 0.4) is 0 Å². The van der Waals surface area contributed by atoms with Crippen LogP contribution in [0.4, 0.5) is 0 Å². The zero-order chi connectivity index (χ0) is 16.4. The maximum absolute atomic E-state index is 12.3. The number of hydrogen-bond acceptors (Lipinski definition) is 2. The molecule has 4 nitrogen and oxygen atoms in total. The van der Waals surface area contributed by atoms with Crippen molar-refractivity contribution in [3.05, 3.63) is 65.7 Å². The average molecular weight is 319 g/mol. The van der Waals surface area contributed by atoms with Crippen molar-refractivity contribution in [3.63, 3.8) is 0 Å². The van der Waals surface area contributed by atoms with Crippen LogP contribution in [0.25, 0.3) is 10.8 Å². The number of fused-ring (bicyclic) bond motifs is 2. The van der Waals surface area contributed by atoms with Crippen LogP contribution in [-0.2, 0) is 17.6 Å². The third-order valence-corrected chi connectivity index (χ3v) is 4.84. The molecule has 2 aromatic carbocycles. The van der Waals surface area contributed by atoms with Crippen LogP contribution in [0.1, 0.15) is 35.7 Å². The normalized spacial score (nSPS) is 16.8. The zero-order valence-corrected chi connectivity index (χ0v) is 13.6. The van der Waals surface area contributed by atoms with Crippen LogP contribution in [-0.4, -0.2) is 22.4 Å². The molecule has 0 saturated heterocycles. The maximum Gasteiger partial charge on any atom is 0.224 e. The maximum atomic E-state index is 12.3. The van der Waals surface area contributed by atoms with Crippen molar-refractivity contribution in [1.82, 2.24) is 15.3 Å². The van der Waals surface area contributed by atoms with Gasteiger partial charge in [0.25, 0.3) is 0 Å². The van der Waals surface area contributed by atoms with Gasteiger partial charge in [-0.1, -0.05) is 42.5 Å². The molecule has 0 spiro atoms. The van der Waals surface area contributed by atoms with Crippen molar-refractivity contribution < 1.29 is 4.79 Å². The standard InChI is InChI=1S/C20H21N3O/c24-19(11-14-8-9-15-4-1-2-5-16(15)10-14)21-12-17-6-3-7-18-20(17)23-13-22-18/h1-2,4-5,8-10,13,17H,3,6-7,11-12H2,(H,21,24)(H,22,23). The van der Waals surface area contributed by atoms with Crippen LogP contribution in [0.5, 0.6) is 0 Å². The Morgan fingerprint density at radius 3 is 3.00 bits per heavy atom. The van der Waals surface area contributed by atoms with Crippen LogP contribution in [0, 0.1) is 0 Å². The van der Waals surface area contributed by atoms with Crippen molar-refractivity contribution >= 4 is 16.7 Å². The highest BCUT2D eigenvalue weighted by molar-refractivity contribution is 5.85. The third-order valence-electron chi connectivity index (χ3n) is 4.84. The van der Waals surface area contributed by atoms with E-state index in [1.165, 1.54) is 16.5 Å². The highest BCUT2D eigenvalue weighted by Gasteiger charge is 2.22. The van der Waals surface area contributed by atoms with Crippen LogP contribution >= 0.6 is 0 Å². The van der Waals surface area contributed by atoms with E-state index in [9.17, 15) is 4.79 Å². The zero-order valence-electron chi connectivity index (χ0n) is 13.6. The van der Waals surface area contributed by atoms with Gasteiger partial charge in [0.15, 0.2) is 0 Å². The van der Waals surface area contributed by atoms with E-state index in [1.807, 2.05) is 18.2 Å². The van der Waals surface area contributed by atoms with E-state index in [0.29, 0.717) is 18.9 Å². The van der Waals surface area contributed by atoms with E-state index in [4.69, 9.17) is 0 Å². The van der Waals surface area contributed by atoms with E-state index in [1.54, 1.807) is 6.33 Å². The molecule has 0 aliphatic heterocycles. The summed E-state index contributed by atoms with van der Waals surface area (Å²) in [5.74, 6) is 0.411. The van der Waals surface area contributed by atoms with Gasteiger partial charge in [0.1, 0.15) is 0 Å². The Morgan fingerprint density at radius 1 is 1.21 bits per heavy atom. The average Bonchev–Trinajstić information content (AvgIpc) is 3.09. The number of nitrogens with zero attached hydrogens (tertiary/aromatic N) is 1. The molecule has 1 aliphatic rings. The molecule has 1 atom stereocenters. The van der Waals surface area contributed by atoms with Crippen LogP contribution < -0.4 is 5.32 Å². The van der Waals surface area contributed by atoms with E-state index < -0.39 is 0 Å². The predicted octanol–water partition coefficient (Wildman–Crippen LogP) is 3.34. The Balaban J connectivity index is 1.38. The molecule has 1 unspecified atom stereocenters. The van der Waals surface area contributed by atoms with E-state index in [-0.39, 0.29) is 5.91 Å². The second kappa shape index (κ2) is 6.48. The molecule has 0 radical (unpaired) electrons. The minimum Gasteiger partial charge on any atom is -0.355 e. The summed E-state index contributed by atoms with van der Waals surface area (Å²) < 4.78 is 0. The fraction of sp³-hybridized carbons (Fsp3) is 0.300. The smallest absolute Gasteiger partial charge is 0.224 e. The summed E-state index contributed by atoms with van der Waals surface area (Å²) >= 11 is 0. The number of aryl methyl sites for hydroxylation is 1. The predicted molar refractivity (Wildman–Crippen MR) is 94.9 cm³/mol. The van der Waals surface area contributed by atoms with E-state index >= 15 is 0 Å². The van der Waals surface area contributed by atoms with Crippen molar-refractivity contribution in [1.29, 1.82) is 0 Å². The third kappa shape index (κ3) is 3.04. The van der Waals surface area contributed by atoms with Crippen molar-refractivity contribution in [2.45, 2.75) is 31.6 Å². The highest BCUT2D eigenvalue weighted by atomic mass is 16.1. The lowest BCUT2D eigenvalue weighted by molar-refractivity contribution is -0.120. The monoisotopic (exact) mass is 319 g/mol. The number of hydrogen-bond donors (Lipinski definition) is 2. The number of carbonyl (C=O) groups excluding carboxylic acids is 1. The highest BCUT2D eigenvalue weighted by Crippen LogP contribution is 2.28. The molecule has 1 aliphatic carbocycles. The summed E-state index contributed by atoms with van der Waals surface area (Å²) in [6, 6.07) is 14.4. The fourth-order valence-corrected chi connectivity index (χ4v) is 3.58. The van der Waals surface area contributed by atoms with Gasteiger partial charge in [-0.05, 0) is 35.6 Å². The topological polar surface area (TPSA) is 57.8 Å². The van der Waals surface area contributed by atoms with Gasteiger partial charge < -0.3 is 10.3 Å². The molecule has 1 aromatic heterocycles. The van der Waals surface area contributed by atoms with Crippen LogP contribution in [0.2, 0.25) is 0 Å². The lowest BCUT2D eigenvalue weighted by Crippen LogP contribution is -2.31. The van der Waals surface area contributed by atoms with Gasteiger partial charge in [-0.15, -0.1) is 0 Å². The van der Waals surface area contributed by atoms with Gasteiger partial charge in [-0.2, -0.15) is 0 Å². The summed E-state index contributed by atoms with van der Waals surface area (Å²) in [6.45, 7) is 0.671. The number of aromatic amines is 1. The second-order valence-corrected chi connectivity index (χ2v) is 6.52. The summed E-state index contributed by atoms with van der Waals surface area (Å²) in [5.41, 5.74) is 3.41. The molecular formula is C20H21N3O. The molecule has 122 valence electrons. The number of benzene rings is 2. The van der Waals surface area contributed by atoms with Gasteiger partial charge in [0, 0.05) is 18.2 Å². The quantitative estimate of drug-likeness (QED) is 0.775. The second-order valence-electron chi connectivity index (χ2n) is 6.52. The Labute approximate surface area is 141 Å². The first-order chi connectivity index (χ1) is 11.8. The van der Waals surface area contributed by atoms with Gasteiger partial charge in [0.2, 0.25) is 5.91 Å². The SMILES string of the molecule is O=C(Cc1ccc2ccccc2c1)NCC1CCCc2[nH]cnc21. The molecular weight excluding hydrogens is 298 g/mol. The number of aromatic nitrogens is 2. The van der Waals surface area contributed by atoms with E-state index in [0.717, 1.165) is 30.5 Å². The summed E-state index contributed by atoms with van der Waals surface area (Å²) in [4.78, 5) is 19.9. The number of nitrogens with one attached hydrogen (secondary N) is 2. The molecule has 1 heterocycles. The number of carbonyl (C=O) groups is 1. The van der Waals surface area contributed by atoms with Gasteiger partial charge >= 0.3 is 0 Å². The van der Waals surface area contributed by atoms with E-state index in [2.05, 4.69) is 39.6 Å². The van der Waals surface area contributed by atoms with Crippen LogP contribution in [0.15, 0.2) is 48.8 Å². The molecule has 0 bridgehead atoms. The number of amides is 1. The molecule has 2 N–H and O–H groups in total.